The van der Waals surface area contributed by atoms with Gasteiger partial charge in [-0.3, -0.25) is 9.48 Å². The summed E-state index contributed by atoms with van der Waals surface area (Å²) in [4.78, 5) is 16.7. The molecule has 2 aromatic heterocycles. The number of rotatable bonds is 5. The second-order valence-corrected chi connectivity index (χ2v) is 7.36. The third kappa shape index (κ3) is 3.57. The minimum absolute atomic E-state index is 0.0830. The van der Waals surface area contributed by atoms with Gasteiger partial charge in [-0.05, 0) is 31.5 Å². The lowest BCUT2D eigenvalue weighted by molar-refractivity contribution is -0.123. The summed E-state index contributed by atoms with van der Waals surface area (Å²) in [5, 5.41) is 11.7. The van der Waals surface area contributed by atoms with Crippen molar-refractivity contribution < 1.29 is 4.79 Å². The molecule has 2 N–H and O–H groups in total. The highest BCUT2D eigenvalue weighted by Gasteiger charge is 2.30. The number of piperidine rings is 1. The lowest BCUT2D eigenvalue weighted by Crippen LogP contribution is -2.48. The van der Waals surface area contributed by atoms with Gasteiger partial charge in [-0.15, -0.1) is 0 Å². The monoisotopic (exact) mass is 386 g/mol. The van der Waals surface area contributed by atoms with Crippen LogP contribution >= 0.6 is 11.6 Å². The van der Waals surface area contributed by atoms with Crippen LogP contribution in [0, 0.1) is 0 Å². The average molecular weight is 387 g/mol. The van der Waals surface area contributed by atoms with E-state index in [1.54, 1.807) is 0 Å². The Hall–Kier alpha value is -2.38. The molecule has 1 saturated heterocycles. The first-order chi connectivity index (χ1) is 13.0. The van der Waals surface area contributed by atoms with Crippen molar-refractivity contribution in [2.24, 2.45) is 7.05 Å². The van der Waals surface area contributed by atoms with Crippen molar-refractivity contribution in [1.29, 1.82) is 0 Å². The first-order valence-electron chi connectivity index (χ1n) is 9.21. The van der Waals surface area contributed by atoms with E-state index in [4.69, 9.17) is 16.6 Å². The van der Waals surface area contributed by atoms with E-state index in [-0.39, 0.29) is 18.0 Å². The summed E-state index contributed by atoms with van der Waals surface area (Å²) in [5.41, 5.74) is 2.97. The number of carbonyl (C=O) groups excluding carboxylic acids is 1. The topological polar surface area (TPSA) is 76.8 Å². The van der Waals surface area contributed by atoms with Crippen LogP contribution in [-0.2, 0) is 24.9 Å². The van der Waals surface area contributed by atoms with E-state index in [0.29, 0.717) is 18.0 Å². The van der Waals surface area contributed by atoms with Crippen molar-refractivity contribution in [2.45, 2.75) is 44.9 Å². The molecule has 2 atom stereocenters. The predicted octanol–water partition coefficient (Wildman–Crippen LogP) is 2.55. The zero-order valence-electron chi connectivity index (χ0n) is 15.4. The Kier molecular flexibility index (Phi) is 4.88. The third-order valence-electron chi connectivity index (χ3n) is 5.20. The van der Waals surface area contributed by atoms with Crippen LogP contribution in [0.25, 0.3) is 11.0 Å². The summed E-state index contributed by atoms with van der Waals surface area (Å²) in [6.07, 6.45) is 5.14. The molecule has 1 fully saturated rings. The molecule has 0 radical (unpaired) electrons. The van der Waals surface area contributed by atoms with Crippen LogP contribution in [0.4, 0.5) is 0 Å². The van der Waals surface area contributed by atoms with Crippen LogP contribution in [0.5, 0.6) is 0 Å². The van der Waals surface area contributed by atoms with Gasteiger partial charge in [0.1, 0.15) is 5.82 Å². The number of halogens is 1. The number of fused-ring (bicyclic) bond motifs is 1. The molecule has 27 heavy (non-hydrogen) atoms. The minimum Gasteiger partial charge on any atom is -0.348 e. The first-order valence-corrected chi connectivity index (χ1v) is 9.59. The lowest BCUT2D eigenvalue weighted by atomic mass is 9.94. The molecule has 7 nitrogen and oxygen atoms in total. The van der Waals surface area contributed by atoms with Crippen LogP contribution in [0.1, 0.15) is 37.2 Å². The molecule has 142 valence electrons. The highest BCUT2D eigenvalue weighted by atomic mass is 35.5. The SMILES string of the molecule is CCn1cc([C@@H]2NC(=O)CC[C@H]2NCc2nc3cc(Cl)ccc3n2C)cn1. The minimum atomic E-state index is -0.0873. The number of nitrogens with one attached hydrogen (secondary N) is 2. The molecule has 1 aliphatic heterocycles. The number of hydrogen-bond donors (Lipinski definition) is 2. The maximum absolute atomic E-state index is 12.0. The van der Waals surface area contributed by atoms with E-state index >= 15 is 0 Å². The molecule has 0 saturated carbocycles. The molecule has 3 heterocycles. The van der Waals surface area contributed by atoms with E-state index in [0.717, 1.165) is 35.4 Å². The number of aryl methyl sites for hydroxylation is 2. The zero-order chi connectivity index (χ0) is 19.0. The highest BCUT2D eigenvalue weighted by Crippen LogP contribution is 2.25. The Balaban J connectivity index is 1.53. The van der Waals surface area contributed by atoms with Crippen LogP contribution < -0.4 is 10.6 Å². The normalized spacial score (nSPS) is 20.2. The molecular formula is C19H23ClN6O. The van der Waals surface area contributed by atoms with Gasteiger partial charge in [0.2, 0.25) is 5.91 Å². The largest absolute Gasteiger partial charge is 0.348 e. The van der Waals surface area contributed by atoms with Gasteiger partial charge in [-0.2, -0.15) is 5.10 Å². The standard InChI is InChI=1S/C19H23ClN6O/c1-3-26-11-12(9-22-26)19-14(5-7-18(27)24-19)21-10-17-23-15-8-13(20)4-6-16(15)25(17)2/h4,6,8-9,11,14,19,21H,3,5,7,10H2,1-2H3,(H,24,27)/t14-,19+/m1/s1. The molecule has 0 spiro atoms. The van der Waals surface area contributed by atoms with E-state index in [1.807, 2.05) is 49.2 Å². The maximum atomic E-state index is 12.0. The third-order valence-corrected chi connectivity index (χ3v) is 5.43. The smallest absolute Gasteiger partial charge is 0.220 e. The Morgan fingerprint density at radius 1 is 1.41 bits per heavy atom. The molecule has 4 rings (SSSR count). The second kappa shape index (κ2) is 7.32. The Morgan fingerprint density at radius 2 is 2.26 bits per heavy atom. The maximum Gasteiger partial charge on any atom is 0.220 e. The van der Waals surface area contributed by atoms with Gasteiger partial charge < -0.3 is 15.2 Å². The van der Waals surface area contributed by atoms with Crippen molar-refractivity contribution in [3.8, 4) is 0 Å². The summed E-state index contributed by atoms with van der Waals surface area (Å²) in [7, 11) is 2.01. The van der Waals surface area contributed by atoms with Gasteiger partial charge in [0.15, 0.2) is 0 Å². The van der Waals surface area contributed by atoms with Crippen molar-refractivity contribution in [2.75, 3.05) is 0 Å². The fourth-order valence-electron chi connectivity index (χ4n) is 3.65. The van der Waals surface area contributed by atoms with Gasteiger partial charge in [0, 0.05) is 42.8 Å². The van der Waals surface area contributed by atoms with E-state index in [9.17, 15) is 4.79 Å². The molecule has 0 bridgehead atoms. The number of hydrogen-bond acceptors (Lipinski definition) is 4. The molecular weight excluding hydrogens is 364 g/mol. The number of imidazole rings is 1. The van der Waals surface area contributed by atoms with Crippen molar-refractivity contribution in [1.82, 2.24) is 30.0 Å². The Morgan fingerprint density at radius 3 is 3.04 bits per heavy atom. The number of benzene rings is 1. The molecule has 3 aromatic rings. The fraction of sp³-hybridized carbons (Fsp3) is 0.421. The Labute approximate surface area is 162 Å². The van der Waals surface area contributed by atoms with Gasteiger partial charge in [-0.1, -0.05) is 11.6 Å². The zero-order valence-corrected chi connectivity index (χ0v) is 16.2. The van der Waals surface area contributed by atoms with Gasteiger partial charge >= 0.3 is 0 Å². The number of aromatic nitrogens is 4. The summed E-state index contributed by atoms with van der Waals surface area (Å²) in [6.45, 7) is 3.47. The van der Waals surface area contributed by atoms with Crippen LogP contribution in [0.2, 0.25) is 5.02 Å². The van der Waals surface area contributed by atoms with Crippen molar-refractivity contribution in [3.63, 3.8) is 0 Å². The van der Waals surface area contributed by atoms with Crippen molar-refractivity contribution >= 4 is 28.5 Å². The van der Waals surface area contributed by atoms with E-state index < -0.39 is 0 Å². The predicted molar refractivity (Wildman–Crippen MR) is 104 cm³/mol. The van der Waals surface area contributed by atoms with E-state index in [1.165, 1.54) is 0 Å². The number of carbonyl (C=O) groups is 1. The quantitative estimate of drug-likeness (QED) is 0.706. The van der Waals surface area contributed by atoms with Crippen LogP contribution in [0.3, 0.4) is 0 Å². The van der Waals surface area contributed by atoms with Gasteiger partial charge in [0.05, 0.1) is 29.8 Å². The summed E-state index contributed by atoms with van der Waals surface area (Å²) in [5.74, 6) is 1.02. The molecule has 1 aliphatic rings. The lowest BCUT2D eigenvalue weighted by Gasteiger charge is -2.32. The average Bonchev–Trinajstić information content (AvgIpc) is 3.25. The summed E-state index contributed by atoms with van der Waals surface area (Å²) < 4.78 is 3.95. The first kappa shape index (κ1) is 18.0. The number of nitrogens with zero attached hydrogens (tertiary/aromatic N) is 4. The Bertz CT molecular complexity index is 978. The van der Waals surface area contributed by atoms with Crippen LogP contribution in [0.15, 0.2) is 30.6 Å². The van der Waals surface area contributed by atoms with Crippen LogP contribution in [-0.4, -0.2) is 31.3 Å². The molecule has 1 aromatic carbocycles. The van der Waals surface area contributed by atoms with E-state index in [2.05, 4.69) is 20.3 Å². The molecule has 0 aliphatic carbocycles. The second-order valence-electron chi connectivity index (χ2n) is 6.92. The highest BCUT2D eigenvalue weighted by molar-refractivity contribution is 6.31. The molecule has 1 amide bonds. The molecule has 8 heteroatoms. The van der Waals surface area contributed by atoms with Crippen molar-refractivity contribution in [3.05, 3.63) is 47.0 Å². The molecule has 0 unspecified atom stereocenters. The van der Waals surface area contributed by atoms with Gasteiger partial charge in [0.25, 0.3) is 0 Å². The number of amides is 1. The summed E-state index contributed by atoms with van der Waals surface area (Å²) in [6, 6.07) is 5.78. The van der Waals surface area contributed by atoms with Gasteiger partial charge in [-0.25, -0.2) is 4.98 Å². The summed E-state index contributed by atoms with van der Waals surface area (Å²) >= 11 is 6.08. The fourth-order valence-corrected chi connectivity index (χ4v) is 3.82.